The highest BCUT2D eigenvalue weighted by Crippen LogP contribution is 2.09. The van der Waals surface area contributed by atoms with Gasteiger partial charge >= 0.3 is 0 Å². The number of carbonyl (C=O) groups is 1. The van der Waals surface area contributed by atoms with E-state index >= 15 is 0 Å². The standard InChI is InChI=1S/C16H25NO/c1-3-5-12-15(17-13-6-4-2)16(18)14-10-8-7-9-11-14/h7-11,15,17H,3-6,12-13H2,1-2H3. The molecule has 2 nitrogen and oxygen atoms in total. The molecule has 2 heteroatoms. The SMILES string of the molecule is CCCCNC(CCCC)C(=O)c1ccccc1. The Kier molecular flexibility index (Phi) is 7.35. The van der Waals surface area contributed by atoms with Gasteiger partial charge in [-0.25, -0.2) is 0 Å². The van der Waals surface area contributed by atoms with Gasteiger partial charge < -0.3 is 5.32 Å². The minimum Gasteiger partial charge on any atom is -0.307 e. The largest absolute Gasteiger partial charge is 0.307 e. The van der Waals surface area contributed by atoms with Gasteiger partial charge in [0.25, 0.3) is 0 Å². The van der Waals surface area contributed by atoms with Crippen molar-refractivity contribution in [1.29, 1.82) is 0 Å². The van der Waals surface area contributed by atoms with E-state index in [1.165, 1.54) is 0 Å². The molecular weight excluding hydrogens is 222 g/mol. The minimum atomic E-state index is -0.0149. The Labute approximate surface area is 111 Å². The van der Waals surface area contributed by atoms with Gasteiger partial charge in [0, 0.05) is 5.56 Å². The van der Waals surface area contributed by atoms with Crippen LogP contribution >= 0.6 is 0 Å². The fraction of sp³-hybridized carbons (Fsp3) is 0.562. The summed E-state index contributed by atoms with van der Waals surface area (Å²) < 4.78 is 0. The predicted octanol–water partition coefficient (Wildman–Crippen LogP) is 3.82. The van der Waals surface area contributed by atoms with Crippen LogP contribution in [0.25, 0.3) is 0 Å². The quantitative estimate of drug-likeness (QED) is 0.531. The normalized spacial score (nSPS) is 12.3. The molecule has 1 N–H and O–H groups in total. The van der Waals surface area contributed by atoms with Crippen LogP contribution in [0, 0.1) is 0 Å². The Bertz CT molecular complexity index is 334. The molecule has 0 saturated heterocycles. The Morgan fingerprint density at radius 1 is 1.11 bits per heavy atom. The van der Waals surface area contributed by atoms with E-state index in [-0.39, 0.29) is 11.8 Å². The molecule has 0 aliphatic carbocycles. The second-order valence-corrected chi connectivity index (χ2v) is 4.73. The van der Waals surface area contributed by atoms with Gasteiger partial charge in [-0.3, -0.25) is 4.79 Å². The lowest BCUT2D eigenvalue weighted by Crippen LogP contribution is -2.37. The number of benzene rings is 1. The van der Waals surface area contributed by atoms with Crippen molar-refractivity contribution in [2.24, 2.45) is 0 Å². The van der Waals surface area contributed by atoms with Crippen molar-refractivity contribution in [3.05, 3.63) is 35.9 Å². The summed E-state index contributed by atoms with van der Waals surface area (Å²) >= 11 is 0. The Morgan fingerprint density at radius 3 is 2.39 bits per heavy atom. The molecule has 0 amide bonds. The van der Waals surface area contributed by atoms with Crippen LogP contribution in [0.4, 0.5) is 0 Å². The first kappa shape index (κ1) is 14.9. The van der Waals surface area contributed by atoms with Crippen molar-refractivity contribution in [1.82, 2.24) is 5.32 Å². The monoisotopic (exact) mass is 247 g/mol. The van der Waals surface area contributed by atoms with Gasteiger partial charge in [0.15, 0.2) is 5.78 Å². The summed E-state index contributed by atoms with van der Waals surface area (Å²) in [5, 5.41) is 3.40. The molecule has 0 radical (unpaired) electrons. The van der Waals surface area contributed by atoms with Crippen molar-refractivity contribution in [3.63, 3.8) is 0 Å². The third-order valence-corrected chi connectivity index (χ3v) is 3.14. The zero-order valence-corrected chi connectivity index (χ0v) is 11.6. The minimum absolute atomic E-state index is 0.0149. The smallest absolute Gasteiger partial charge is 0.179 e. The van der Waals surface area contributed by atoms with Gasteiger partial charge in [-0.05, 0) is 19.4 Å². The van der Waals surface area contributed by atoms with Crippen LogP contribution in [0.15, 0.2) is 30.3 Å². The molecule has 0 saturated carbocycles. The highest BCUT2D eigenvalue weighted by molar-refractivity contribution is 6.00. The topological polar surface area (TPSA) is 29.1 Å². The Morgan fingerprint density at radius 2 is 1.78 bits per heavy atom. The van der Waals surface area contributed by atoms with Crippen LogP contribution in [0.2, 0.25) is 0 Å². The third-order valence-electron chi connectivity index (χ3n) is 3.14. The molecule has 18 heavy (non-hydrogen) atoms. The molecule has 0 spiro atoms. The zero-order chi connectivity index (χ0) is 13.2. The molecule has 0 aliphatic heterocycles. The third kappa shape index (κ3) is 5.01. The molecule has 0 aromatic heterocycles. The molecule has 0 bridgehead atoms. The van der Waals surface area contributed by atoms with E-state index in [2.05, 4.69) is 19.2 Å². The zero-order valence-electron chi connectivity index (χ0n) is 11.6. The molecular formula is C16H25NO. The lowest BCUT2D eigenvalue weighted by molar-refractivity contribution is 0.0936. The van der Waals surface area contributed by atoms with Crippen LogP contribution in [0.3, 0.4) is 0 Å². The summed E-state index contributed by atoms with van der Waals surface area (Å²) in [5.41, 5.74) is 0.822. The van der Waals surface area contributed by atoms with Crippen molar-refractivity contribution < 1.29 is 4.79 Å². The van der Waals surface area contributed by atoms with Crippen molar-refractivity contribution in [2.75, 3.05) is 6.54 Å². The van der Waals surface area contributed by atoms with Gasteiger partial charge in [0.2, 0.25) is 0 Å². The summed E-state index contributed by atoms with van der Waals surface area (Å²) in [4.78, 5) is 12.4. The number of hydrogen-bond donors (Lipinski definition) is 1. The molecule has 1 aromatic rings. The van der Waals surface area contributed by atoms with Gasteiger partial charge in [0.05, 0.1) is 6.04 Å². The van der Waals surface area contributed by atoms with Crippen LogP contribution in [0.5, 0.6) is 0 Å². The summed E-state index contributed by atoms with van der Waals surface area (Å²) in [7, 11) is 0. The number of nitrogens with one attached hydrogen (secondary N) is 1. The maximum atomic E-state index is 12.4. The van der Waals surface area contributed by atoms with Gasteiger partial charge in [-0.1, -0.05) is 63.4 Å². The fourth-order valence-corrected chi connectivity index (χ4v) is 1.99. The summed E-state index contributed by atoms with van der Waals surface area (Å²) in [6.07, 6.45) is 5.46. The molecule has 1 unspecified atom stereocenters. The van der Waals surface area contributed by atoms with E-state index in [9.17, 15) is 4.79 Å². The van der Waals surface area contributed by atoms with Crippen molar-refractivity contribution in [3.8, 4) is 0 Å². The molecule has 1 aromatic carbocycles. The lowest BCUT2D eigenvalue weighted by atomic mass is 9.99. The maximum Gasteiger partial charge on any atom is 0.179 e. The first-order valence-electron chi connectivity index (χ1n) is 7.12. The average molecular weight is 247 g/mol. The second-order valence-electron chi connectivity index (χ2n) is 4.73. The van der Waals surface area contributed by atoms with E-state index in [0.29, 0.717) is 0 Å². The number of hydrogen-bond acceptors (Lipinski definition) is 2. The van der Waals surface area contributed by atoms with Gasteiger partial charge in [0.1, 0.15) is 0 Å². The van der Waals surface area contributed by atoms with Crippen LogP contribution in [0.1, 0.15) is 56.3 Å². The van der Waals surface area contributed by atoms with E-state index in [1.807, 2.05) is 30.3 Å². The highest BCUT2D eigenvalue weighted by Gasteiger charge is 2.18. The molecule has 0 aliphatic rings. The van der Waals surface area contributed by atoms with Crippen molar-refractivity contribution >= 4 is 5.78 Å². The number of rotatable bonds is 9. The van der Waals surface area contributed by atoms with Gasteiger partial charge in [-0.15, -0.1) is 0 Å². The van der Waals surface area contributed by atoms with Crippen molar-refractivity contribution in [2.45, 2.75) is 52.0 Å². The van der Waals surface area contributed by atoms with Crippen LogP contribution in [-0.2, 0) is 0 Å². The number of ketones is 1. The number of Topliss-reactive ketones (excluding diaryl/α,β-unsaturated/α-hetero) is 1. The molecule has 0 heterocycles. The lowest BCUT2D eigenvalue weighted by Gasteiger charge is -2.17. The summed E-state index contributed by atoms with van der Waals surface area (Å²) in [6, 6.07) is 9.60. The number of unbranched alkanes of at least 4 members (excludes halogenated alkanes) is 2. The first-order chi connectivity index (χ1) is 8.79. The van der Waals surface area contributed by atoms with Crippen LogP contribution < -0.4 is 5.32 Å². The molecule has 1 rings (SSSR count). The highest BCUT2D eigenvalue weighted by atomic mass is 16.1. The van der Waals surface area contributed by atoms with Gasteiger partial charge in [-0.2, -0.15) is 0 Å². The fourth-order valence-electron chi connectivity index (χ4n) is 1.99. The average Bonchev–Trinajstić information content (AvgIpc) is 2.43. The maximum absolute atomic E-state index is 12.4. The number of carbonyl (C=O) groups excluding carboxylic acids is 1. The molecule has 0 fully saturated rings. The first-order valence-corrected chi connectivity index (χ1v) is 7.12. The Hall–Kier alpha value is -1.15. The Balaban J connectivity index is 2.60. The van der Waals surface area contributed by atoms with E-state index in [1.54, 1.807) is 0 Å². The van der Waals surface area contributed by atoms with Crippen LogP contribution in [-0.4, -0.2) is 18.4 Å². The van der Waals surface area contributed by atoms with E-state index < -0.39 is 0 Å². The van der Waals surface area contributed by atoms with E-state index in [4.69, 9.17) is 0 Å². The second kappa shape index (κ2) is 8.87. The summed E-state index contributed by atoms with van der Waals surface area (Å²) in [5.74, 6) is 0.236. The summed E-state index contributed by atoms with van der Waals surface area (Å²) in [6.45, 7) is 5.27. The molecule has 100 valence electrons. The predicted molar refractivity (Wildman–Crippen MR) is 77.0 cm³/mol. The van der Waals surface area contributed by atoms with E-state index in [0.717, 1.165) is 44.2 Å². The molecule has 1 atom stereocenters.